The zero-order chi connectivity index (χ0) is 18.5. The van der Waals surface area contributed by atoms with E-state index in [1.54, 1.807) is 19.1 Å². The molecule has 1 fully saturated rings. The van der Waals surface area contributed by atoms with Gasteiger partial charge in [0.25, 0.3) is 0 Å². The smallest absolute Gasteiger partial charge is 0.229 e. The topological polar surface area (TPSA) is 92.0 Å². The SMILES string of the molecule is CN=C(NCc1cc(C)no1)NC1CC(=O)N(c2cccc(OC)c2)C1.I. The number of aryl methyl sites for hydroxylation is 1. The van der Waals surface area contributed by atoms with Crippen molar-refractivity contribution in [1.29, 1.82) is 0 Å². The molecule has 8 nitrogen and oxygen atoms in total. The first-order valence-electron chi connectivity index (χ1n) is 8.43. The van der Waals surface area contributed by atoms with Crippen molar-refractivity contribution in [2.24, 2.45) is 4.99 Å². The van der Waals surface area contributed by atoms with Crippen molar-refractivity contribution >= 4 is 41.5 Å². The lowest BCUT2D eigenvalue weighted by atomic mass is 10.2. The first-order chi connectivity index (χ1) is 12.6. The van der Waals surface area contributed by atoms with Crippen molar-refractivity contribution in [2.45, 2.75) is 25.9 Å². The molecule has 27 heavy (non-hydrogen) atoms. The quantitative estimate of drug-likeness (QED) is 0.383. The third kappa shape index (κ3) is 5.34. The molecule has 2 aromatic rings. The summed E-state index contributed by atoms with van der Waals surface area (Å²) in [6.07, 6.45) is 0.402. The molecule has 1 aromatic carbocycles. The molecule has 1 aliphatic rings. The van der Waals surface area contributed by atoms with Gasteiger partial charge in [0, 0.05) is 37.8 Å². The first kappa shape index (κ1) is 21.0. The van der Waals surface area contributed by atoms with Gasteiger partial charge in [-0.3, -0.25) is 9.79 Å². The van der Waals surface area contributed by atoms with Gasteiger partial charge in [0.05, 0.1) is 25.4 Å². The van der Waals surface area contributed by atoms with Crippen molar-refractivity contribution in [2.75, 3.05) is 25.6 Å². The molecule has 0 saturated carbocycles. The van der Waals surface area contributed by atoms with Crippen LogP contribution in [0.25, 0.3) is 0 Å². The second kappa shape index (κ2) is 9.58. The number of benzene rings is 1. The fourth-order valence-corrected chi connectivity index (χ4v) is 2.89. The Balaban J connectivity index is 0.00000261. The van der Waals surface area contributed by atoms with Crippen LogP contribution in [0.15, 0.2) is 39.8 Å². The number of halogens is 1. The maximum absolute atomic E-state index is 12.4. The van der Waals surface area contributed by atoms with Gasteiger partial charge in [0.1, 0.15) is 5.75 Å². The Morgan fingerprint density at radius 1 is 1.44 bits per heavy atom. The molecule has 1 unspecified atom stereocenters. The third-order valence-electron chi connectivity index (χ3n) is 4.16. The number of amides is 1. The van der Waals surface area contributed by atoms with Crippen LogP contribution in [0.2, 0.25) is 0 Å². The summed E-state index contributed by atoms with van der Waals surface area (Å²) < 4.78 is 10.4. The zero-order valence-electron chi connectivity index (χ0n) is 15.6. The highest BCUT2D eigenvalue weighted by molar-refractivity contribution is 14.0. The molecule has 3 rings (SSSR count). The Labute approximate surface area is 175 Å². The van der Waals surface area contributed by atoms with E-state index in [9.17, 15) is 4.79 Å². The second-order valence-electron chi connectivity index (χ2n) is 6.11. The standard InChI is InChI=1S/C18H23N5O3.HI/c1-12-7-16(26-22-12)10-20-18(19-2)21-13-8-17(24)23(11-13)14-5-4-6-15(9-14)25-3;/h4-7,9,13H,8,10-11H2,1-3H3,(H2,19,20,21);1H. The lowest BCUT2D eigenvalue weighted by Gasteiger charge is -2.19. The Morgan fingerprint density at radius 3 is 2.93 bits per heavy atom. The first-order valence-corrected chi connectivity index (χ1v) is 8.43. The predicted molar refractivity (Wildman–Crippen MR) is 114 cm³/mol. The second-order valence-corrected chi connectivity index (χ2v) is 6.11. The molecule has 9 heteroatoms. The molecule has 2 heterocycles. The van der Waals surface area contributed by atoms with Gasteiger partial charge in [-0.2, -0.15) is 0 Å². The van der Waals surface area contributed by atoms with Crippen molar-refractivity contribution < 1.29 is 14.1 Å². The molecular weight excluding hydrogens is 461 g/mol. The van der Waals surface area contributed by atoms with E-state index in [0.717, 1.165) is 22.9 Å². The number of methoxy groups -OCH3 is 1. The lowest BCUT2D eigenvalue weighted by molar-refractivity contribution is -0.117. The fraction of sp³-hybridized carbons (Fsp3) is 0.389. The largest absolute Gasteiger partial charge is 0.497 e. The molecular formula is C18H24IN5O3. The molecule has 1 saturated heterocycles. The number of nitrogens with one attached hydrogen (secondary N) is 2. The van der Waals surface area contributed by atoms with Crippen molar-refractivity contribution in [3.63, 3.8) is 0 Å². The van der Waals surface area contributed by atoms with Crippen LogP contribution in [-0.2, 0) is 11.3 Å². The van der Waals surface area contributed by atoms with E-state index in [1.165, 1.54) is 0 Å². The van der Waals surface area contributed by atoms with E-state index in [1.807, 2.05) is 37.3 Å². The minimum Gasteiger partial charge on any atom is -0.497 e. The highest BCUT2D eigenvalue weighted by atomic mass is 127. The summed E-state index contributed by atoms with van der Waals surface area (Å²) in [5.74, 6) is 2.14. The van der Waals surface area contributed by atoms with Crippen molar-refractivity contribution in [3.8, 4) is 5.75 Å². The van der Waals surface area contributed by atoms with E-state index in [-0.39, 0.29) is 35.9 Å². The number of hydrogen-bond donors (Lipinski definition) is 2. The maximum atomic E-state index is 12.4. The van der Waals surface area contributed by atoms with Gasteiger partial charge in [-0.05, 0) is 19.1 Å². The Bertz CT molecular complexity index is 808. The van der Waals surface area contributed by atoms with Crippen LogP contribution in [0.1, 0.15) is 17.9 Å². The maximum Gasteiger partial charge on any atom is 0.229 e. The monoisotopic (exact) mass is 485 g/mol. The molecule has 146 valence electrons. The number of aromatic nitrogens is 1. The Morgan fingerprint density at radius 2 is 2.26 bits per heavy atom. The van der Waals surface area contributed by atoms with E-state index in [4.69, 9.17) is 9.26 Å². The minimum absolute atomic E-state index is 0. The van der Waals surface area contributed by atoms with E-state index in [0.29, 0.717) is 25.5 Å². The molecule has 2 N–H and O–H groups in total. The van der Waals surface area contributed by atoms with Crippen LogP contribution >= 0.6 is 24.0 Å². The number of ether oxygens (including phenoxy) is 1. The summed E-state index contributed by atoms with van der Waals surface area (Å²) in [5.41, 5.74) is 1.67. The number of aliphatic imine (C=N–C) groups is 1. The van der Waals surface area contributed by atoms with Crippen LogP contribution in [0, 0.1) is 6.92 Å². The van der Waals surface area contributed by atoms with Crippen LogP contribution in [0.5, 0.6) is 5.75 Å². The summed E-state index contributed by atoms with van der Waals surface area (Å²) in [4.78, 5) is 18.4. The molecule has 1 amide bonds. The number of hydrogen-bond acceptors (Lipinski definition) is 5. The molecule has 1 atom stereocenters. The average molecular weight is 485 g/mol. The van der Waals surface area contributed by atoms with Crippen molar-refractivity contribution in [1.82, 2.24) is 15.8 Å². The third-order valence-corrected chi connectivity index (χ3v) is 4.16. The summed E-state index contributed by atoms with van der Waals surface area (Å²) >= 11 is 0. The molecule has 0 spiro atoms. The summed E-state index contributed by atoms with van der Waals surface area (Å²) in [6, 6.07) is 9.33. The summed E-state index contributed by atoms with van der Waals surface area (Å²) in [5, 5.41) is 10.3. The normalized spacial score (nSPS) is 16.9. The molecule has 0 aliphatic carbocycles. The number of carbonyl (C=O) groups is 1. The molecule has 0 radical (unpaired) electrons. The predicted octanol–water partition coefficient (Wildman–Crippen LogP) is 2.08. The zero-order valence-corrected chi connectivity index (χ0v) is 17.9. The van der Waals surface area contributed by atoms with Gasteiger partial charge in [-0.1, -0.05) is 11.2 Å². The van der Waals surface area contributed by atoms with Gasteiger partial charge < -0.3 is 24.8 Å². The van der Waals surface area contributed by atoms with Crippen LogP contribution in [-0.4, -0.2) is 43.8 Å². The van der Waals surface area contributed by atoms with Gasteiger partial charge in [-0.25, -0.2) is 0 Å². The average Bonchev–Trinajstić information content (AvgIpc) is 3.23. The Kier molecular flexibility index (Phi) is 7.45. The minimum atomic E-state index is -0.0311. The van der Waals surface area contributed by atoms with Gasteiger partial charge >= 0.3 is 0 Å². The fourth-order valence-electron chi connectivity index (χ4n) is 2.89. The van der Waals surface area contributed by atoms with Crippen molar-refractivity contribution in [3.05, 3.63) is 41.8 Å². The van der Waals surface area contributed by atoms with Crippen LogP contribution in [0.4, 0.5) is 5.69 Å². The number of guanidine groups is 1. The highest BCUT2D eigenvalue weighted by Crippen LogP contribution is 2.25. The van der Waals surface area contributed by atoms with Gasteiger partial charge in [0.15, 0.2) is 11.7 Å². The number of rotatable bonds is 5. The summed E-state index contributed by atoms with van der Waals surface area (Å²) in [6.45, 7) is 2.91. The number of carbonyl (C=O) groups excluding carboxylic acids is 1. The Hall–Kier alpha value is -2.30. The molecule has 1 aromatic heterocycles. The molecule has 1 aliphatic heterocycles. The van der Waals surface area contributed by atoms with E-state index in [2.05, 4.69) is 20.8 Å². The van der Waals surface area contributed by atoms with E-state index < -0.39 is 0 Å². The van der Waals surface area contributed by atoms with Gasteiger partial charge in [0.2, 0.25) is 5.91 Å². The molecule has 0 bridgehead atoms. The van der Waals surface area contributed by atoms with Gasteiger partial charge in [-0.15, -0.1) is 24.0 Å². The number of anilines is 1. The van der Waals surface area contributed by atoms with Crippen LogP contribution in [0.3, 0.4) is 0 Å². The van der Waals surface area contributed by atoms with Crippen LogP contribution < -0.4 is 20.3 Å². The highest BCUT2D eigenvalue weighted by Gasteiger charge is 2.31. The lowest BCUT2D eigenvalue weighted by Crippen LogP contribution is -2.44. The van der Waals surface area contributed by atoms with E-state index >= 15 is 0 Å². The summed E-state index contributed by atoms with van der Waals surface area (Å²) in [7, 11) is 3.30. The number of nitrogens with zero attached hydrogens (tertiary/aromatic N) is 3.